The Hall–Kier alpha value is -0.340. The Bertz CT molecular complexity index is 382. The van der Waals surface area contributed by atoms with Crippen LogP contribution in [-0.4, -0.2) is 17.5 Å². The zero-order valence-electron chi connectivity index (χ0n) is 9.58. The molecule has 0 saturated heterocycles. The van der Waals surface area contributed by atoms with E-state index in [1.807, 2.05) is 0 Å². The molecule has 1 nitrogen and oxygen atoms in total. The van der Waals surface area contributed by atoms with Crippen molar-refractivity contribution in [3.05, 3.63) is 33.8 Å². The van der Waals surface area contributed by atoms with Gasteiger partial charge in [-0.05, 0) is 42.5 Å². The number of halogens is 1. The van der Waals surface area contributed by atoms with Gasteiger partial charge in [-0.3, -0.25) is 4.90 Å². The summed E-state index contributed by atoms with van der Waals surface area (Å²) >= 11 is 3.58. The van der Waals surface area contributed by atoms with Crippen molar-refractivity contribution < 1.29 is 0 Å². The second-order valence-corrected chi connectivity index (χ2v) is 5.99. The van der Waals surface area contributed by atoms with Crippen LogP contribution >= 0.6 is 15.9 Å². The smallest absolute Gasteiger partial charge is 0.0239 e. The third-order valence-electron chi connectivity index (χ3n) is 4.05. The Labute approximate surface area is 106 Å². The van der Waals surface area contributed by atoms with E-state index >= 15 is 0 Å². The zero-order chi connectivity index (χ0) is 11.0. The third-order valence-corrected chi connectivity index (χ3v) is 4.54. The molecule has 0 atom stereocenters. The SMILES string of the molecule is Brc1ccc2c(c1)CN(C1CCCC1)CC2. The fourth-order valence-electron chi connectivity index (χ4n) is 3.13. The summed E-state index contributed by atoms with van der Waals surface area (Å²) in [6, 6.07) is 7.62. The molecule has 3 rings (SSSR count). The largest absolute Gasteiger partial charge is 0.296 e. The van der Waals surface area contributed by atoms with Gasteiger partial charge in [0.05, 0.1) is 0 Å². The molecule has 0 amide bonds. The summed E-state index contributed by atoms with van der Waals surface area (Å²) < 4.78 is 1.22. The Morgan fingerprint density at radius 1 is 1.12 bits per heavy atom. The first-order valence-electron chi connectivity index (χ1n) is 6.34. The molecule has 0 N–H and O–H groups in total. The molecule has 1 aliphatic heterocycles. The lowest BCUT2D eigenvalue weighted by Crippen LogP contribution is -2.37. The third kappa shape index (κ3) is 2.05. The predicted octanol–water partition coefficient (Wildman–Crippen LogP) is 3.75. The fraction of sp³-hybridized carbons (Fsp3) is 0.571. The Morgan fingerprint density at radius 2 is 1.94 bits per heavy atom. The number of hydrogen-bond acceptors (Lipinski definition) is 1. The minimum absolute atomic E-state index is 0.868. The van der Waals surface area contributed by atoms with E-state index in [9.17, 15) is 0 Å². The van der Waals surface area contributed by atoms with Crippen molar-refractivity contribution in [1.82, 2.24) is 4.90 Å². The second kappa shape index (κ2) is 4.50. The minimum Gasteiger partial charge on any atom is -0.296 e. The summed E-state index contributed by atoms with van der Waals surface area (Å²) in [6.45, 7) is 2.43. The molecule has 86 valence electrons. The first-order chi connectivity index (χ1) is 7.83. The van der Waals surface area contributed by atoms with E-state index < -0.39 is 0 Å². The van der Waals surface area contributed by atoms with Crippen LogP contribution in [0.25, 0.3) is 0 Å². The maximum Gasteiger partial charge on any atom is 0.0239 e. The predicted molar refractivity (Wildman–Crippen MR) is 70.5 cm³/mol. The van der Waals surface area contributed by atoms with Crippen LogP contribution in [0.5, 0.6) is 0 Å². The van der Waals surface area contributed by atoms with E-state index in [0.29, 0.717) is 0 Å². The Balaban J connectivity index is 1.79. The summed E-state index contributed by atoms with van der Waals surface area (Å²) in [5.74, 6) is 0. The molecule has 0 bridgehead atoms. The van der Waals surface area contributed by atoms with Crippen molar-refractivity contribution >= 4 is 15.9 Å². The average molecular weight is 280 g/mol. The molecule has 2 heteroatoms. The molecule has 1 fully saturated rings. The van der Waals surface area contributed by atoms with Gasteiger partial charge in [0, 0.05) is 23.6 Å². The highest BCUT2D eigenvalue weighted by atomic mass is 79.9. The topological polar surface area (TPSA) is 3.24 Å². The van der Waals surface area contributed by atoms with E-state index in [1.165, 1.54) is 55.2 Å². The number of nitrogens with zero attached hydrogens (tertiary/aromatic N) is 1. The van der Waals surface area contributed by atoms with E-state index in [2.05, 4.69) is 39.0 Å². The summed E-state index contributed by atoms with van der Waals surface area (Å²) in [7, 11) is 0. The van der Waals surface area contributed by atoms with Crippen molar-refractivity contribution in [2.45, 2.75) is 44.7 Å². The van der Waals surface area contributed by atoms with E-state index in [0.717, 1.165) is 6.04 Å². The van der Waals surface area contributed by atoms with E-state index in [4.69, 9.17) is 0 Å². The van der Waals surface area contributed by atoms with Crippen molar-refractivity contribution in [3.63, 3.8) is 0 Å². The summed E-state index contributed by atoms with van der Waals surface area (Å²) in [5.41, 5.74) is 3.09. The molecule has 2 aliphatic rings. The zero-order valence-corrected chi connectivity index (χ0v) is 11.2. The van der Waals surface area contributed by atoms with Crippen LogP contribution in [0.4, 0.5) is 0 Å². The lowest BCUT2D eigenvalue weighted by Gasteiger charge is -2.33. The van der Waals surface area contributed by atoms with Crippen molar-refractivity contribution in [3.8, 4) is 0 Å². The summed E-state index contributed by atoms with van der Waals surface area (Å²) in [4.78, 5) is 2.70. The fourth-order valence-corrected chi connectivity index (χ4v) is 3.54. The number of rotatable bonds is 1. The first kappa shape index (κ1) is 10.8. The second-order valence-electron chi connectivity index (χ2n) is 5.07. The monoisotopic (exact) mass is 279 g/mol. The van der Waals surface area contributed by atoms with Crippen LogP contribution in [0.1, 0.15) is 36.8 Å². The normalized spacial score (nSPS) is 22.3. The highest BCUT2D eigenvalue weighted by Gasteiger charge is 2.25. The lowest BCUT2D eigenvalue weighted by molar-refractivity contribution is 0.181. The summed E-state index contributed by atoms with van der Waals surface area (Å²) in [6.07, 6.45) is 6.95. The number of fused-ring (bicyclic) bond motifs is 1. The number of benzene rings is 1. The molecular formula is C14H18BrN. The molecule has 1 aliphatic carbocycles. The average Bonchev–Trinajstić information content (AvgIpc) is 2.81. The minimum atomic E-state index is 0.868. The van der Waals surface area contributed by atoms with Gasteiger partial charge >= 0.3 is 0 Å². The van der Waals surface area contributed by atoms with Crippen LogP contribution in [0.2, 0.25) is 0 Å². The molecule has 0 aromatic heterocycles. The molecular weight excluding hydrogens is 262 g/mol. The molecule has 0 radical (unpaired) electrons. The van der Waals surface area contributed by atoms with Crippen molar-refractivity contribution in [2.75, 3.05) is 6.54 Å². The van der Waals surface area contributed by atoms with Gasteiger partial charge in [-0.1, -0.05) is 34.8 Å². The maximum atomic E-state index is 3.58. The van der Waals surface area contributed by atoms with E-state index in [1.54, 1.807) is 5.56 Å². The molecule has 1 saturated carbocycles. The molecule has 1 aromatic rings. The Morgan fingerprint density at radius 3 is 2.75 bits per heavy atom. The van der Waals surface area contributed by atoms with Crippen LogP contribution in [0, 0.1) is 0 Å². The van der Waals surface area contributed by atoms with Crippen LogP contribution in [0.15, 0.2) is 22.7 Å². The van der Waals surface area contributed by atoms with Gasteiger partial charge < -0.3 is 0 Å². The maximum absolute atomic E-state index is 3.58. The van der Waals surface area contributed by atoms with Crippen molar-refractivity contribution in [2.24, 2.45) is 0 Å². The molecule has 0 spiro atoms. The number of hydrogen-bond donors (Lipinski definition) is 0. The lowest BCUT2D eigenvalue weighted by atomic mass is 9.98. The molecule has 0 unspecified atom stereocenters. The molecule has 1 heterocycles. The van der Waals surface area contributed by atoms with Gasteiger partial charge in [0.15, 0.2) is 0 Å². The quantitative estimate of drug-likeness (QED) is 0.757. The Kier molecular flexibility index (Phi) is 3.03. The molecule has 16 heavy (non-hydrogen) atoms. The summed E-state index contributed by atoms with van der Waals surface area (Å²) in [5, 5.41) is 0. The highest BCUT2D eigenvalue weighted by molar-refractivity contribution is 9.10. The molecule has 1 aromatic carbocycles. The van der Waals surface area contributed by atoms with Crippen LogP contribution < -0.4 is 0 Å². The first-order valence-corrected chi connectivity index (χ1v) is 7.13. The van der Waals surface area contributed by atoms with Gasteiger partial charge in [0.1, 0.15) is 0 Å². The van der Waals surface area contributed by atoms with Gasteiger partial charge in [-0.15, -0.1) is 0 Å². The van der Waals surface area contributed by atoms with Gasteiger partial charge in [0.2, 0.25) is 0 Å². The standard InChI is InChI=1S/C14H18BrN/c15-13-6-5-11-7-8-16(10-12(11)9-13)14-3-1-2-4-14/h5-6,9,14H,1-4,7-8,10H2. The van der Waals surface area contributed by atoms with E-state index in [-0.39, 0.29) is 0 Å². The van der Waals surface area contributed by atoms with Gasteiger partial charge in [-0.2, -0.15) is 0 Å². The van der Waals surface area contributed by atoms with Gasteiger partial charge in [-0.25, -0.2) is 0 Å². The highest BCUT2D eigenvalue weighted by Crippen LogP contribution is 2.29. The van der Waals surface area contributed by atoms with Crippen LogP contribution in [-0.2, 0) is 13.0 Å². The van der Waals surface area contributed by atoms with Crippen LogP contribution in [0.3, 0.4) is 0 Å². The van der Waals surface area contributed by atoms with Gasteiger partial charge in [0.25, 0.3) is 0 Å². The van der Waals surface area contributed by atoms with Crippen molar-refractivity contribution in [1.29, 1.82) is 0 Å².